The Morgan fingerprint density at radius 3 is 2.38 bits per heavy atom. The van der Waals surface area contributed by atoms with E-state index in [1.807, 2.05) is 4.90 Å². The lowest BCUT2D eigenvalue weighted by Gasteiger charge is -2.31. The number of aromatic nitrogens is 2. The van der Waals surface area contributed by atoms with Crippen LogP contribution < -0.4 is 14.4 Å². The highest BCUT2D eigenvalue weighted by atomic mass is 32.2. The fraction of sp³-hybridized carbons (Fsp3) is 0.412. The van der Waals surface area contributed by atoms with Crippen molar-refractivity contribution in [2.75, 3.05) is 24.5 Å². The van der Waals surface area contributed by atoms with E-state index < -0.39 is 32.8 Å². The Labute approximate surface area is 164 Å². The standard InChI is InChI=1S/C17H18F4N4O3S/c18-13-10-22-16(23-11-13)25-7-5-12(6-8-25)9-24-29(26,27)15-4-2-1-3-14(15)28-17(19,20)21/h1-4,10-12,24H,5-9H2. The molecule has 0 bridgehead atoms. The molecule has 0 amide bonds. The average molecular weight is 434 g/mol. The molecule has 2 aromatic rings. The number of ether oxygens (including phenoxy) is 1. The lowest BCUT2D eigenvalue weighted by Crippen LogP contribution is -2.39. The zero-order chi connectivity index (χ0) is 21.1. The minimum Gasteiger partial charge on any atom is -0.404 e. The lowest BCUT2D eigenvalue weighted by atomic mass is 9.97. The Hall–Kier alpha value is -2.47. The maximum absolute atomic E-state index is 12.9. The van der Waals surface area contributed by atoms with Gasteiger partial charge in [0.05, 0.1) is 12.4 Å². The van der Waals surface area contributed by atoms with Crippen molar-refractivity contribution < 1.29 is 30.7 Å². The summed E-state index contributed by atoms with van der Waals surface area (Å²) in [5, 5.41) is 0. The number of hydrogen-bond acceptors (Lipinski definition) is 6. The van der Waals surface area contributed by atoms with E-state index in [0.717, 1.165) is 24.5 Å². The van der Waals surface area contributed by atoms with E-state index in [1.54, 1.807) is 0 Å². The minimum absolute atomic E-state index is 0.0165. The van der Waals surface area contributed by atoms with Gasteiger partial charge in [0.1, 0.15) is 10.6 Å². The molecule has 0 aliphatic carbocycles. The molecule has 7 nitrogen and oxygen atoms in total. The quantitative estimate of drug-likeness (QED) is 0.704. The molecule has 0 saturated carbocycles. The predicted molar refractivity (Wildman–Crippen MR) is 95.2 cm³/mol. The Kier molecular flexibility index (Phi) is 6.22. The van der Waals surface area contributed by atoms with Crippen LogP contribution in [0, 0.1) is 11.7 Å². The molecule has 12 heteroatoms. The normalized spacial score (nSPS) is 16.1. The second kappa shape index (κ2) is 8.49. The molecule has 0 atom stereocenters. The van der Waals surface area contributed by atoms with Gasteiger partial charge in [-0.1, -0.05) is 12.1 Å². The van der Waals surface area contributed by atoms with Crippen molar-refractivity contribution in [1.82, 2.24) is 14.7 Å². The smallest absolute Gasteiger partial charge is 0.404 e. The summed E-state index contributed by atoms with van der Waals surface area (Å²) >= 11 is 0. The number of nitrogens with one attached hydrogen (secondary N) is 1. The highest BCUT2D eigenvalue weighted by Gasteiger charge is 2.34. The number of benzene rings is 1. The number of piperidine rings is 1. The molecule has 1 aliphatic rings. The van der Waals surface area contributed by atoms with Gasteiger partial charge in [-0.15, -0.1) is 13.2 Å². The molecule has 0 radical (unpaired) electrons. The first-order valence-corrected chi connectivity index (χ1v) is 10.2. The van der Waals surface area contributed by atoms with Crippen molar-refractivity contribution in [3.05, 3.63) is 42.5 Å². The first kappa shape index (κ1) is 21.2. The summed E-state index contributed by atoms with van der Waals surface area (Å²) in [6, 6.07) is 4.58. The third-order valence-corrected chi connectivity index (χ3v) is 5.89. The molecule has 1 fully saturated rings. The number of halogens is 4. The fourth-order valence-corrected chi connectivity index (χ4v) is 4.24. The van der Waals surface area contributed by atoms with E-state index in [1.165, 1.54) is 12.1 Å². The van der Waals surface area contributed by atoms with Crippen LogP contribution in [0.3, 0.4) is 0 Å². The van der Waals surface area contributed by atoms with E-state index in [-0.39, 0.29) is 12.5 Å². The first-order chi connectivity index (χ1) is 13.6. The van der Waals surface area contributed by atoms with Crippen molar-refractivity contribution >= 4 is 16.0 Å². The van der Waals surface area contributed by atoms with Crippen LogP contribution in [0.25, 0.3) is 0 Å². The van der Waals surface area contributed by atoms with Crippen LogP contribution in [0.4, 0.5) is 23.5 Å². The van der Waals surface area contributed by atoms with Gasteiger partial charge in [0.2, 0.25) is 16.0 Å². The highest BCUT2D eigenvalue weighted by Crippen LogP contribution is 2.29. The molecular formula is C17H18F4N4O3S. The monoisotopic (exact) mass is 434 g/mol. The molecule has 1 N–H and O–H groups in total. The van der Waals surface area contributed by atoms with E-state index >= 15 is 0 Å². The van der Waals surface area contributed by atoms with Crippen LogP contribution in [0.15, 0.2) is 41.6 Å². The zero-order valence-electron chi connectivity index (χ0n) is 15.1. The van der Waals surface area contributed by atoms with Crippen molar-refractivity contribution in [3.8, 4) is 5.75 Å². The molecule has 29 heavy (non-hydrogen) atoms. The minimum atomic E-state index is -5.00. The highest BCUT2D eigenvalue weighted by molar-refractivity contribution is 7.89. The van der Waals surface area contributed by atoms with Gasteiger partial charge in [-0.2, -0.15) is 0 Å². The van der Waals surface area contributed by atoms with Gasteiger partial charge in [0.25, 0.3) is 0 Å². The van der Waals surface area contributed by atoms with Crippen LogP contribution >= 0.6 is 0 Å². The Morgan fingerprint density at radius 2 is 1.76 bits per heavy atom. The summed E-state index contributed by atoms with van der Waals surface area (Å²) in [6.45, 7) is 1.17. The SMILES string of the molecule is O=S(=O)(NCC1CCN(c2ncc(F)cn2)CC1)c1ccccc1OC(F)(F)F. The van der Waals surface area contributed by atoms with E-state index in [9.17, 15) is 26.0 Å². The maximum atomic E-state index is 12.9. The number of rotatable bonds is 6. The van der Waals surface area contributed by atoms with Gasteiger partial charge in [0, 0.05) is 19.6 Å². The third kappa shape index (κ3) is 5.76. The molecule has 0 unspecified atom stereocenters. The number of hydrogen-bond donors (Lipinski definition) is 1. The molecule has 3 rings (SSSR count). The second-order valence-electron chi connectivity index (χ2n) is 6.48. The second-order valence-corrected chi connectivity index (χ2v) is 8.21. The van der Waals surface area contributed by atoms with E-state index in [0.29, 0.717) is 31.9 Å². The number of nitrogens with zero attached hydrogens (tertiary/aromatic N) is 3. The van der Waals surface area contributed by atoms with Crippen LogP contribution in [0.2, 0.25) is 0 Å². The Morgan fingerprint density at radius 1 is 1.14 bits per heavy atom. The third-order valence-electron chi connectivity index (χ3n) is 4.43. The molecule has 1 saturated heterocycles. The maximum Gasteiger partial charge on any atom is 0.573 e. The van der Waals surface area contributed by atoms with Crippen LogP contribution in [-0.2, 0) is 10.0 Å². The molecule has 0 spiro atoms. The number of anilines is 1. The number of sulfonamides is 1. The first-order valence-electron chi connectivity index (χ1n) is 8.71. The van der Waals surface area contributed by atoms with Crippen LogP contribution in [0.5, 0.6) is 5.75 Å². The summed E-state index contributed by atoms with van der Waals surface area (Å²) in [6.07, 6.45) is -1.62. The molecule has 1 aromatic heterocycles. The van der Waals surface area contributed by atoms with Crippen molar-refractivity contribution in [1.29, 1.82) is 0 Å². The van der Waals surface area contributed by atoms with Gasteiger partial charge in [-0.25, -0.2) is 27.5 Å². The molecule has 1 aromatic carbocycles. The molecule has 158 valence electrons. The van der Waals surface area contributed by atoms with Gasteiger partial charge in [0.15, 0.2) is 5.82 Å². The summed E-state index contributed by atoms with van der Waals surface area (Å²) in [4.78, 5) is 9.11. The fourth-order valence-electron chi connectivity index (χ4n) is 2.99. The van der Waals surface area contributed by atoms with E-state index in [2.05, 4.69) is 19.4 Å². The summed E-state index contributed by atoms with van der Waals surface area (Å²) < 4.78 is 81.6. The predicted octanol–water partition coefficient (Wildman–Crippen LogP) is 2.71. The number of alkyl halides is 3. The van der Waals surface area contributed by atoms with Gasteiger partial charge >= 0.3 is 6.36 Å². The Balaban J connectivity index is 1.58. The van der Waals surface area contributed by atoms with Gasteiger partial charge in [-0.05, 0) is 30.9 Å². The lowest BCUT2D eigenvalue weighted by molar-refractivity contribution is -0.275. The molecule has 2 heterocycles. The number of para-hydroxylation sites is 1. The van der Waals surface area contributed by atoms with Gasteiger partial charge in [-0.3, -0.25) is 0 Å². The van der Waals surface area contributed by atoms with Crippen LogP contribution in [-0.4, -0.2) is 44.4 Å². The van der Waals surface area contributed by atoms with Crippen molar-refractivity contribution in [2.45, 2.75) is 24.1 Å². The summed E-state index contributed by atoms with van der Waals surface area (Å²) in [7, 11) is -4.19. The summed E-state index contributed by atoms with van der Waals surface area (Å²) in [5.41, 5.74) is 0. The van der Waals surface area contributed by atoms with Crippen molar-refractivity contribution in [3.63, 3.8) is 0 Å². The largest absolute Gasteiger partial charge is 0.573 e. The van der Waals surface area contributed by atoms with Crippen molar-refractivity contribution in [2.24, 2.45) is 5.92 Å². The summed E-state index contributed by atoms with van der Waals surface area (Å²) in [5.74, 6) is -0.940. The van der Waals surface area contributed by atoms with Crippen LogP contribution in [0.1, 0.15) is 12.8 Å². The average Bonchev–Trinajstić information content (AvgIpc) is 2.67. The Bertz CT molecular complexity index is 930. The van der Waals surface area contributed by atoms with Gasteiger partial charge < -0.3 is 9.64 Å². The zero-order valence-corrected chi connectivity index (χ0v) is 15.9. The van der Waals surface area contributed by atoms with E-state index in [4.69, 9.17) is 0 Å². The topological polar surface area (TPSA) is 84.4 Å². The molecule has 1 aliphatic heterocycles. The molecular weight excluding hydrogens is 416 g/mol.